The van der Waals surface area contributed by atoms with Gasteiger partial charge in [-0.05, 0) is 48.2 Å². The van der Waals surface area contributed by atoms with Gasteiger partial charge in [0.05, 0.1) is 11.9 Å². The van der Waals surface area contributed by atoms with E-state index in [9.17, 15) is 18.0 Å². The standard InChI is InChI=1S/C32H37Cl2N3O6S/c1-3-15-35-32(39)28(19-23-8-5-4-6-9-23)36(22-24-11-12-25(33)20-27(24)34)31(38)10-7-16-37(44(2,40)41)26-13-14-29-30(21-26)43-18-17-42-29/h4-6,8-9,11-14,20-21,28H,3,7,10,15-19,22H2,1-2H3,(H,35,39)/t28-/m1/s1. The van der Waals surface area contributed by atoms with Crippen LogP contribution >= 0.6 is 23.2 Å². The van der Waals surface area contributed by atoms with E-state index in [2.05, 4.69) is 5.32 Å². The summed E-state index contributed by atoms with van der Waals surface area (Å²) < 4.78 is 38.0. The first-order valence-electron chi connectivity index (χ1n) is 14.5. The number of nitrogens with one attached hydrogen (secondary N) is 1. The molecule has 0 unspecified atom stereocenters. The molecule has 0 aliphatic carbocycles. The normalized spacial score (nSPS) is 13.2. The molecule has 3 aromatic rings. The van der Waals surface area contributed by atoms with Gasteiger partial charge in [-0.1, -0.05) is 66.5 Å². The molecular formula is C32H37Cl2N3O6S. The second-order valence-electron chi connectivity index (χ2n) is 10.5. The fourth-order valence-corrected chi connectivity index (χ4v) is 6.37. The SMILES string of the molecule is CCCNC(=O)[C@@H](Cc1ccccc1)N(Cc1ccc(Cl)cc1Cl)C(=O)CCCN(c1ccc2c(c1)OCCO2)S(C)(=O)=O. The van der Waals surface area contributed by atoms with Crippen molar-refractivity contribution < 1.29 is 27.5 Å². The highest BCUT2D eigenvalue weighted by molar-refractivity contribution is 7.92. The summed E-state index contributed by atoms with van der Waals surface area (Å²) in [5.41, 5.74) is 1.95. The van der Waals surface area contributed by atoms with E-state index in [1.165, 1.54) is 9.21 Å². The maximum atomic E-state index is 14.0. The van der Waals surface area contributed by atoms with Crippen LogP contribution in [0, 0.1) is 0 Å². The van der Waals surface area contributed by atoms with Gasteiger partial charge in [-0.3, -0.25) is 13.9 Å². The summed E-state index contributed by atoms with van der Waals surface area (Å²) in [5, 5.41) is 3.78. The molecule has 1 N–H and O–H groups in total. The first-order valence-corrected chi connectivity index (χ1v) is 17.1. The van der Waals surface area contributed by atoms with E-state index in [0.29, 0.717) is 59.0 Å². The average Bonchev–Trinajstić information content (AvgIpc) is 3.00. The Morgan fingerprint density at radius 1 is 0.977 bits per heavy atom. The molecule has 12 heteroatoms. The van der Waals surface area contributed by atoms with Crippen LogP contribution in [0.2, 0.25) is 10.0 Å². The van der Waals surface area contributed by atoms with Crippen molar-refractivity contribution in [1.29, 1.82) is 0 Å². The number of halogens is 2. The van der Waals surface area contributed by atoms with Crippen molar-refractivity contribution >= 4 is 50.7 Å². The van der Waals surface area contributed by atoms with Crippen molar-refractivity contribution in [2.75, 3.05) is 36.9 Å². The number of amides is 2. The van der Waals surface area contributed by atoms with E-state index in [0.717, 1.165) is 18.2 Å². The van der Waals surface area contributed by atoms with E-state index in [4.69, 9.17) is 32.7 Å². The summed E-state index contributed by atoms with van der Waals surface area (Å²) in [7, 11) is -3.68. The summed E-state index contributed by atoms with van der Waals surface area (Å²) in [6, 6.07) is 18.6. The molecule has 9 nitrogen and oxygen atoms in total. The Morgan fingerprint density at radius 3 is 2.39 bits per heavy atom. The lowest BCUT2D eigenvalue weighted by atomic mass is 10.0. The number of sulfonamides is 1. The minimum absolute atomic E-state index is 0.00583. The van der Waals surface area contributed by atoms with E-state index in [1.54, 1.807) is 36.4 Å². The molecule has 0 bridgehead atoms. The van der Waals surface area contributed by atoms with Gasteiger partial charge in [-0.15, -0.1) is 0 Å². The zero-order chi connectivity index (χ0) is 31.7. The molecule has 0 saturated carbocycles. The maximum absolute atomic E-state index is 14.0. The third-order valence-corrected chi connectivity index (χ3v) is 8.92. The molecule has 0 spiro atoms. The molecular weight excluding hydrogens is 625 g/mol. The maximum Gasteiger partial charge on any atom is 0.243 e. The van der Waals surface area contributed by atoms with Crippen LogP contribution in [0.25, 0.3) is 0 Å². The number of benzene rings is 3. The van der Waals surface area contributed by atoms with Crippen LogP contribution in [0.3, 0.4) is 0 Å². The summed E-state index contributed by atoms with van der Waals surface area (Å²) >= 11 is 12.6. The summed E-state index contributed by atoms with van der Waals surface area (Å²) in [6.45, 7) is 3.33. The van der Waals surface area contributed by atoms with Crippen LogP contribution in [0.15, 0.2) is 66.7 Å². The van der Waals surface area contributed by atoms with Crippen molar-refractivity contribution in [1.82, 2.24) is 10.2 Å². The number of hydrogen-bond acceptors (Lipinski definition) is 6. The molecule has 44 heavy (non-hydrogen) atoms. The molecule has 1 atom stereocenters. The lowest BCUT2D eigenvalue weighted by Crippen LogP contribution is -2.50. The Bertz CT molecular complexity index is 1550. The van der Waals surface area contributed by atoms with E-state index in [-0.39, 0.29) is 37.7 Å². The van der Waals surface area contributed by atoms with Gasteiger partial charge in [0.2, 0.25) is 21.8 Å². The number of anilines is 1. The third-order valence-electron chi connectivity index (χ3n) is 7.14. The minimum atomic E-state index is -3.68. The van der Waals surface area contributed by atoms with Crippen LogP contribution in [-0.4, -0.2) is 63.7 Å². The third kappa shape index (κ3) is 9.03. The first-order chi connectivity index (χ1) is 21.1. The largest absolute Gasteiger partial charge is 0.486 e. The van der Waals surface area contributed by atoms with Gasteiger partial charge in [-0.25, -0.2) is 8.42 Å². The fourth-order valence-electron chi connectivity index (χ4n) is 4.94. The predicted molar refractivity (Wildman–Crippen MR) is 173 cm³/mol. The van der Waals surface area contributed by atoms with Gasteiger partial charge in [0.15, 0.2) is 11.5 Å². The zero-order valence-electron chi connectivity index (χ0n) is 24.8. The molecule has 3 aromatic carbocycles. The highest BCUT2D eigenvalue weighted by Gasteiger charge is 2.31. The minimum Gasteiger partial charge on any atom is -0.486 e. The smallest absolute Gasteiger partial charge is 0.243 e. The number of carbonyl (C=O) groups excluding carboxylic acids is 2. The van der Waals surface area contributed by atoms with E-state index < -0.39 is 16.1 Å². The monoisotopic (exact) mass is 661 g/mol. The number of fused-ring (bicyclic) bond motifs is 1. The Kier molecular flexibility index (Phi) is 11.8. The summed E-state index contributed by atoms with van der Waals surface area (Å²) in [4.78, 5) is 29.0. The Labute approximate surface area is 269 Å². The van der Waals surface area contributed by atoms with Crippen LogP contribution in [0.1, 0.15) is 37.3 Å². The molecule has 4 rings (SSSR count). The second kappa shape index (κ2) is 15.5. The van der Waals surface area contributed by atoms with Gasteiger partial charge >= 0.3 is 0 Å². The number of hydrogen-bond donors (Lipinski definition) is 1. The van der Waals surface area contributed by atoms with Crippen LogP contribution in [-0.2, 0) is 32.6 Å². The van der Waals surface area contributed by atoms with Crippen molar-refractivity contribution in [3.63, 3.8) is 0 Å². The van der Waals surface area contributed by atoms with Crippen LogP contribution in [0.5, 0.6) is 11.5 Å². The van der Waals surface area contributed by atoms with Crippen LogP contribution in [0.4, 0.5) is 5.69 Å². The van der Waals surface area contributed by atoms with E-state index in [1.807, 2.05) is 37.3 Å². The average molecular weight is 663 g/mol. The molecule has 236 valence electrons. The number of rotatable bonds is 14. The number of nitrogens with zero attached hydrogens (tertiary/aromatic N) is 2. The van der Waals surface area contributed by atoms with Gasteiger partial charge in [0.25, 0.3) is 0 Å². The summed E-state index contributed by atoms with van der Waals surface area (Å²) in [6.07, 6.45) is 2.35. The Hall–Kier alpha value is -3.47. The number of carbonyl (C=O) groups is 2. The van der Waals surface area contributed by atoms with Crippen LogP contribution < -0.4 is 19.1 Å². The molecule has 0 aromatic heterocycles. The second-order valence-corrected chi connectivity index (χ2v) is 13.3. The lowest BCUT2D eigenvalue weighted by molar-refractivity contribution is -0.141. The highest BCUT2D eigenvalue weighted by Crippen LogP contribution is 2.35. The molecule has 1 aliphatic rings. The van der Waals surface area contributed by atoms with Crippen molar-refractivity contribution in [2.45, 2.75) is 45.2 Å². The van der Waals surface area contributed by atoms with Crippen molar-refractivity contribution in [3.8, 4) is 11.5 Å². The van der Waals surface area contributed by atoms with Gasteiger partial charge in [-0.2, -0.15) is 0 Å². The van der Waals surface area contributed by atoms with Gasteiger partial charge in [0, 0.05) is 48.6 Å². The molecule has 0 fully saturated rings. The van der Waals surface area contributed by atoms with Crippen molar-refractivity contribution in [2.24, 2.45) is 0 Å². The molecule has 1 aliphatic heterocycles. The van der Waals surface area contributed by atoms with Crippen molar-refractivity contribution in [3.05, 3.63) is 87.9 Å². The van der Waals surface area contributed by atoms with Gasteiger partial charge in [0.1, 0.15) is 19.3 Å². The Morgan fingerprint density at radius 2 is 1.70 bits per heavy atom. The van der Waals surface area contributed by atoms with Gasteiger partial charge < -0.3 is 19.7 Å². The summed E-state index contributed by atoms with van der Waals surface area (Å²) in [5.74, 6) is 0.430. The molecule has 2 amide bonds. The first kappa shape index (κ1) is 33.4. The lowest BCUT2D eigenvalue weighted by Gasteiger charge is -2.32. The number of ether oxygens (including phenoxy) is 2. The predicted octanol–water partition coefficient (Wildman–Crippen LogP) is 5.48. The topological polar surface area (TPSA) is 105 Å². The highest BCUT2D eigenvalue weighted by atomic mass is 35.5. The zero-order valence-corrected chi connectivity index (χ0v) is 27.1. The fraction of sp³-hybridized carbons (Fsp3) is 0.375. The molecule has 0 saturated heterocycles. The Balaban J connectivity index is 1.59. The quantitative estimate of drug-likeness (QED) is 0.245. The molecule has 1 heterocycles. The molecule has 0 radical (unpaired) electrons. The van der Waals surface area contributed by atoms with E-state index >= 15 is 0 Å².